The maximum absolute atomic E-state index is 11.6. The first-order chi connectivity index (χ1) is 8.50. The molecule has 0 fully saturated rings. The molecule has 18 heavy (non-hydrogen) atoms. The maximum Gasteiger partial charge on any atom is 0.153 e. The second-order valence-corrected chi connectivity index (χ2v) is 6.77. The molecular formula is C13H19ClO3S. The Balaban J connectivity index is 2.64. The second-order valence-electron chi connectivity index (χ2n) is 4.20. The van der Waals surface area contributed by atoms with E-state index in [4.69, 9.17) is 16.3 Å². The Morgan fingerprint density at radius 3 is 2.61 bits per heavy atom. The van der Waals surface area contributed by atoms with E-state index in [1.165, 1.54) is 0 Å². The van der Waals surface area contributed by atoms with Gasteiger partial charge in [-0.15, -0.1) is 11.6 Å². The summed E-state index contributed by atoms with van der Waals surface area (Å²) in [7, 11) is -2.99. The summed E-state index contributed by atoms with van der Waals surface area (Å²) in [5.74, 6) is 1.33. The summed E-state index contributed by atoms with van der Waals surface area (Å²) < 4.78 is 28.7. The fraction of sp³-hybridized carbons (Fsp3) is 0.538. The zero-order valence-electron chi connectivity index (χ0n) is 10.8. The van der Waals surface area contributed by atoms with Crippen molar-refractivity contribution in [3.8, 4) is 5.75 Å². The van der Waals surface area contributed by atoms with Crippen molar-refractivity contribution in [1.82, 2.24) is 0 Å². The third kappa shape index (κ3) is 4.50. The average Bonchev–Trinajstić information content (AvgIpc) is 2.30. The monoisotopic (exact) mass is 290 g/mol. The van der Waals surface area contributed by atoms with Crippen molar-refractivity contribution in [3.63, 3.8) is 0 Å². The number of para-hydroxylation sites is 1. The van der Waals surface area contributed by atoms with Crippen molar-refractivity contribution in [2.24, 2.45) is 0 Å². The number of aryl methyl sites for hydroxylation is 1. The number of hydrogen-bond acceptors (Lipinski definition) is 3. The van der Waals surface area contributed by atoms with Crippen LogP contribution in [0.4, 0.5) is 0 Å². The summed E-state index contributed by atoms with van der Waals surface area (Å²) >= 11 is 5.82. The fourth-order valence-electron chi connectivity index (χ4n) is 1.71. The molecule has 0 aromatic heterocycles. The molecule has 0 bridgehead atoms. The molecule has 1 aromatic rings. The molecule has 0 atom stereocenters. The van der Waals surface area contributed by atoms with Crippen LogP contribution in [0.15, 0.2) is 18.2 Å². The fourth-order valence-corrected chi connectivity index (χ4v) is 3.08. The Bertz CT molecular complexity index is 483. The molecule has 3 nitrogen and oxygen atoms in total. The summed E-state index contributed by atoms with van der Waals surface area (Å²) in [6.45, 7) is 3.95. The van der Waals surface area contributed by atoms with Crippen LogP contribution in [0.25, 0.3) is 0 Å². The third-order valence-corrected chi connectivity index (χ3v) is 4.70. The lowest BCUT2D eigenvalue weighted by atomic mass is 10.1. The number of rotatable bonds is 7. The van der Waals surface area contributed by atoms with E-state index in [9.17, 15) is 8.42 Å². The standard InChI is InChI=1S/C13H19ClO3S/c1-3-8-18(15,16)9-7-17-13-11(2)5-4-6-12(13)10-14/h4-6H,3,7-10H2,1-2H3. The van der Waals surface area contributed by atoms with E-state index in [0.29, 0.717) is 18.1 Å². The lowest BCUT2D eigenvalue weighted by molar-refractivity contribution is 0.336. The number of sulfone groups is 1. The van der Waals surface area contributed by atoms with Gasteiger partial charge in [0.1, 0.15) is 12.4 Å². The Kier molecular flexibility index (Phi) is 5.96. The summed E-state index contributed by atoms with van der Waals surface area (Å²) in [4.78, 5) is 0. The number of ether oxygens (including phenoxy) is 1. The van der Waals surface area contributed by atoms with Gasteiger partial charge in [0.2, 0.25) is 0 Å². The van der Waals surface area contributed by atoms with Crippen LogP contribution in [-0.4, -0.2) is 26.5 Å². The summed E-state index contributed by atoms with van der Waals surface area (Å²) in [6, 6.07) is 5.72. The molecule has 0 radical (unpaired) electrons. The second kappa shape index (κ2) is 7.00. The van der Waals surface area contributed by atoms with Crippen LogP contribution in [0.1, 0.15) is 24.5 Å². The molecule has 0 N–H and O–H groups in total. The molecule has 0 aliphatic rings. The van der Waals surface area contributed by atoms with Crippen molar-refractivity contribution in [2.75, 3.05) is 18.1 Å². The Morgan fingerprint density at radius 1 is 1.28 bits per heavy atom. The van der Waals surface area contributed by atoms with E-state index >= 15 is 0 Å². The molecule has 0 amide bonds. The van der Waals surface area contributed by atoms with Gasteiger partial charge in [-0.1, -0.05) is 25.1 Å². The van der Waals surface area contributed by atoms with E-state index in [1.807, 2.05) is 32.0 Å². The zero-order chi connectivity index (χ0) is 13.6. The predicted octanol–water partition coefficient (Wildman–Crippen LogP) is 2.94. The van der Waals surface area contributed by atoms with Gasteiger partial charge in [0.15, 0.2) is 9.84 Å². The molecule has 0 heterocycles. The maximum atomic E-state index is 11.6. The quantitative estimate of drug-likeness (QED) is 0.725. The van der Waals surface area contributed by atoms with E-state index < -0.39 is 9.84 Å². The van der Waals surface area contributed by atoms with Gasteiger partial charge >= 0.3 is 0 Å². The highest BCUT2D eigenvalue weighted by molar-refractivity contribution is 7.91. The van der Waals surface area contributed by atoms with E-state index in [0.717, 1.165) is 11.1 Å². The molecular weight excluding hydrogens is 272 g/mol. The highest BCUT2D eigenvalue weighted by Gasteiger charge is 2.11. The summed E-state index contributed by atoms with van der Waals surface area (Å²) in [5, 5.41) is 0. The van der Waals surface area contributed by atoms with Crippen molar-refractivity contribution < 1.29 is 13.2 Å². The molecule has 0 saturated heterocycles. The van der Waals surface area contributed by atoms with Gasteiger partial charge in [-0.25, -0.2) is 8.42 Å². The minimum atomic E-state index is -2.99. The van der Waals surface area contributed by atoms with Crippen LogP contribution in [0.3, 0.4) is 0 Å². The Morgan fingerprint density at radius 2 is 2.00 bits per heavy atom. The van der Waals surface area contributed by atoms with Gasteiger partial charge in [0.05, 0.1) is 17.4 Å². The topological polar surface area (TPSA) is 43.4 Å². The SMILES string of the molecule is CCCS(=O)(=O)CCOc1c(C)cccc1CCl. The lowest BCUT2D eigenvalue weighted by Gasteiger charge is -2.12. The van der Waals surface area contributed by atoms with Crippen molar-refractivity contribution in [3.05, 3.63) is 29.3 Å². The Labute approximate surface area is 114 Å². The predicted molar refractivity (Wildman–Crippen MR) is 75.2 cm³/mol. The summed E-state index contributed by atoms with van der Waals surface area (Å²) in [6.07, 6.45) is 0.639. The first-order valence-corrected chi connectivity index (χ1v) is 8.33. The summed E-state index contributed by atoms with van der Waals surface area (Å²) in [5.41, 5.74) is 1.87. The number of halogens is 1. The van der Waals surface area contributed by atoms with E-state index in [1.54, 1.807) is 0 Å². The minimum Gasteiger partial charge on any atom is -0.492 e. The van der Waals surface area contributed by atoms with Gasteiger partial charge in [-0.3, -0.25) is 0 Å². The van der Waals surface area contributed by atoms with E-state index in [-0.39, 0.29) is 18.1 Å². The third-order valence-electron chi connectivity index (χ3n) is 2.59. The van der Waals surface area contributed by atoms with Crippen molar-refractivity contribution in [2.45, 2.75) is 26.1 Å². The van der Waals surface area contributed by atoms with Gasteiger partial charge in [-0.05, 0) is 18.9 Å². The normalized spacial score (nSPS) is 11.5. The number of hydrogen-bond donors (Lipinski definition) is 0. The molecule has 102 valence electrons. The highest BCUT2D eigenvalue weighted by atomic mass is 35.5. The zero-order valence-corrected chi connectivity index (χ0v) is 12.4. The molecule has 1 rings (SSSR count). The molecule has 0 aliphatic heterocycles. The smallest absolute Gasteiger partial charge is 0.153 e. The van der Waals surface area contributed by atoms with Crippen LogP contribution in [0, 0.1) is 6.92 Å². The van der Waals surface area contributed by atoms with Crippen LogP contribution in [-0.2, 0) is 15.7 Å². The van der Waals surface area contributed by atoms with Gasteiger partial charge in [-0.2, -0.15) is 0 Å². The largest absolute Gasteiger partial charge is 0.492 e. The van der Waals surface area contributed by atoms with Crippen LogP contribution < -0.4 is 4.74 Å². The minimum absolute atomic E-state index is 0.0525. The molecule has 0 spiro atoms. The molecule has 0 unspecified atom stereocenters. The molecule has 5 heteroatoms. The number of alkyl halides is 1. The molecule has 1 aromatic carbocycles. The van der Waals surface area contributed by atoms with Crippen LogP contribution in [0.2, 0.25) is 0 Å². The highest BCUT2D eigenvalue weighted by Crippen LogP contribution is 2.24. The van der Waals surface area contributed by atoms with Crippen molar-refractivity contribution in [1.29, 1.82) is 0 Å². The first kappa shape index (κ1) is 15.3. The molecule has 0 saturated carbocycles. The van der Waals surface area contributed by atoms with Gasteiger partial charge in [0.25, 0.3) is 0 Å². The van der Waals surface area contributed by atoms with E-state index in [2.05, 4.69) is 0 Å². The average molecular weight is 291 g/mol. The van der Waals surface area contributed by atoms with Gasteiger partial charge < -0.3 is 4.74 Å². The number of benzene rings is 1. The molecule has 0 aliphatic carbocycles. The lowest BCUT2D eigenvalue weighted by Crippen LogP contribution is -2.17. The van der Waals surface area contributed by atoms with Crippen molar-refractivity contribution >= 4 is 21.4 Å². The first-order valence-electron chi connectivity index (χ1n) is 5.98. The van der Waals surface area contributed by atoms with Gasteiger partial charge in [0, 0.05) is 5.56 Å². The van der Waals surface area contributed by atoms with Crippen LogP contribution >= 0.6 is 11.6 Å². The Hall–Kier alpha value is -0.740. The van der Waals surface area contributed by atoms with Crippen LogP contribution in [0.5, 0.6) is 5.75 Å².